The first-order chi connectivity index (χ1) is 10.2. The van der Waals surface area contributed by atoms with E-state index in [1.54, 1.807) is 16.4 Å². The van der Waals surface area contributed by atoms with Gasteiger partial charge in [-0.15, -0.1) is 12.4 Å². The topological polar surface area (TPSA) is 63.4 Å². The lowest BCUT2D eigenvalue weighted by Crippen LogP contribution is -2.53. The molecule has 0 saturated carbocycles. The number of nitrogens with zero attached hydrogens (tertiary/aromatic N) is 1. The Hall–Kier alpha value is -0.620. The van der Waals surface area contributed by atoms with Crippen molar-refractivity contribution in [2.75, 3.05) is 13.1 Å². The van der Waals surface area contributed by atoms with Crippen LogP contribution in [-0.2, 0) is 10.0 Å². The van der Waals surface area contributed by atoms with Crippen LogP contribution in [-0.4, -0.2) is 31.9 Å². The highest BCUT2D eigenvalue weighted by atomic mass is 35.5. The van der Waals surface area contributed by atoms with E-state index in [4.69, 9.17) is 5.73 Å². The Balaban J connectivity index is 0.00000264. The van der Waals surface area contributed by atoms with Crippen LogP contribution in [0.3, 0.4) is 0 Å². The number of halogens is 1. The molecule has 1 saturated heterocycles. The number of nitrogens with two attached hydrogens (primary N) is 1. The molecular weight excluding hydrogens is 332 g/mol. The quantitative estimate of drug-likeness (QED) is 0.895. The van der Waals surface area contributed by atoms with E-state index in [1.165, 1.54) is 5.56 Å². The number of hydrogen-bond donors (Lipinski definition) is 1. The Morgan fingerprint density at radius 2 is 1.87 bits per heavy atom. The summed E-state index contributed by atoms with van der Waals surface area (Å²) in [6.07, 6.45) is 1.75. The Labute approximate surface area is 146 Å². The number of benzene rings is 1. The minimum Gasteiger partial charge on any atom is -0.327 e. The molecule has 6 heteroatoms. The maximum absolute atomic E-state index is 12.8. The lowest BCUT2D eigenvalue weighted by atomic mass is 9.81. The summed E-state index contributed by atoms with van der Waals surface area (Å²) in [5.41, 5.74) is 7.09. The largest absolute Gasteiger partial charge is 0.327 e. The third kappa shape index (κ3) is 4.27. The highest BCUT2D eigenvalue weighted by Crippen LogP contribution is 2.31. The first kappa shape index (κ1) is 20.4. The second-order valence-corrected chi connectivity index (χ2v) is 9.04. The fraction of sp³-hybridized carbons (Fsp3) is 0.647. The van der Waals surface area contributed by atoms with Gasteiger partial charge in [-0.05, 0) is 41.9 Å². The summed E-state index contributed by atoms with van der Waals surface area (Å²) in [5.74, 6) is 0.448. The Bertz CT molecular complexity index is 614. The average Bonchev–Trinajstić information content (AvgIpc) is 2.49. The Morgan fingerprint density at radius 1 is 1.30 bits per heavy atom. The smallest absolute Gasteiger partial charge is 0.243 e. The maximum Gasteiger partial charge on any atom is 0.243 e. The standard InChI is InChI=1S/C17H28N2O2S.ClH/c1-5-13(2)14-6-8-15(9-7-14)22(20,21)19-11-10-16(18)17(3,4)12-19;/h6-9,13,16H,5,10-12,18H2,1-4H3;1H. The SMILES string of the molecule is CCC(C)c1ccc(S(=O)(=O)N2CCC(N)C(C)(C)C2)cc1.Cl. The molecule has 2 atom stereocenters. The van der Waals surface area contributed by atoms with Crippen LogP contribution in [0.1, 0.15) is 52.0 Å². The molecule has 23 heavy (non-hydrogen) atoms. The minimum atomic E-state index is -3.43. The van der Waals surface area contributed by atoms with Crippen LogP contribution in [0.5, 0.6) is 0 Å². The van der Waals surface area contributed by atoms with Crippen molar-refractivity contribution in [2.24, 2.45) is 11.1 Å². The van der Waals surface area contributed by atoms with E-state index in [0.29, 0.717) is 30.3 Å². The van der Waals surface area contributed by atoms with E-state index in [-0.39, 0.29) is 23.9 Å². The molecular formula is C17H29ClN2O2S. The van der Waals surface area contributed by atoms with Crippen molar-refractivity contribution in [3.8, 4) is 0 Å². The van der Waals surface area contributed by atoms with Crippen LogP contribution < -0.4 is 5.73 Å². The second-order valence-electron chi connectivity index (χ2n) is 7.10. The number of hydrogen-bond acceptors (Lipinski definition) is 3. The predicted octanol–water partition coefficient (Wildman–Crippen LogP) is 3.37. The van der Waals surface area contributed by atoms with Crippen LogP contribution in [0, 0.1) is 5.41 Å². The van der Waals surface area contributed by atoms with Gasteiger partial charge in [0.2, 0.25) is 10.0 Å². The van der Waals surface area contributed by atoms with Crippen molar-refractivity contribution in [1.29, 1.82) is 0 Å². The fourth-order valence-corrected chi connectivity index (χ4v) is 4.51. The van der Waals surface area contributed by atoms with E-state index in [1.807, 2.05) is 26.0 Å². The van der Waals surface area contributed by atoms with Gasteiger partial charge < -0.3 is 5.73 Å². The zero-order valence-electron chi connectivity index (χ0n) is 14.5. The molecule has 132 valence electrons. The molecule has 1 fully saturated rings. The van der Waals surface area contributed by atoms with Crippen LogP contribution >= 0.6 is 12.4 Å². The van der Waals surface area contributed by atoms with Gasteiger partial charge in [0.15, 0.2) is 0 Å². The molecule has 2 rings (SSSR count). The van der Waals surface area contributed by atoms with Crippen LogP contribution in [0.2, 0.25) is 0 Å². The third-order valence-electron chi connectivity index (χ3n) is 4.98. The van der Waals surface area contributed by atoms with Gasteiger partial charge in [0.05, 0.1) is 4.90 Å². The van der Waals surface area contributed by atoms with Gasteiger partial charge in [-0.1, -0.05) is 39.8 Å². The molecule has 0 bridgehead atoms. The van der Waals surface area contributed by atoms with Crippen LogP contribution in [0.15, 0.2) is 29.2 Å². The summed E-state index contributed by atoms with van der Waals surface area (Å²) < 4.78 is 27.2. The number of rotatable bonds is 4. The second kappa shape index (κ2) is 7.51. The Kier molecular flexibility index (Phi) is 6.67. The molecule has 1 aliphatic heterocycles. The Morgan fingerprint density at radius 3 is 2.35 bits per heavy atom. The highest BCUT2D eigenvalue weighted by molar-refractivity contribution is 7.89. The maximum atomic E-state index is 12.8. The summed E-state index contributed by atoms with van der Waals surface area (Å²) in [7, 11) is -3.43. The van der Waals surface area contributed by atoms with Crippen LogP contribution in [0.25, 0.3) is 0 Å². The van der Waals surface area contributed by atoms with Crippen molar-refractivity contribution in [3.05, 3.63) is 29.8 Å². The molecule has 0 aliphatic carbocycles. The minimum absolute atomic E-state index is 0. The van der Waals surface area contributed by atoms with E-state index in [0.717, 1.165) is 6.42 Å². The zero-order chi connectivity index (χ0) is 16.5. The first-order valence-electron chi connectivity index (χ1n) is 8.04. The molecule has 1 aromatic rings. The predicted molar refractivity (Wildman–Crippen MR) is 97.5 cm³/mol. The van der Waals surface area contributed by atoms with E-state index < -0.39 is 10.0 Å². The summed E-state index contributed by atoms with van der Waals surface area (Å²) in [6, 6.07) is 7.38. The number of piperidine rings is 1. The molecule has 1 aromatic carbocycles. The molecule has 1 heterocycles. The van der Waals surface area contributed by atoms with E-state index in [9.17, 15) is 8.42 Å². The molecule has 2 unspecified atom stereocenters. The van der Waals surface area contributed by atoms with E-state index in [2.05, 4.69) is 13.8 Å². The van der Waals surface area contributed by atoms with Crippen molar-refractivity contribution < 1.29 is 8.42 Å². The van der Waals surface area contributed by atoms with Gasteiger partial charge in [-0.3, -0.25) is 0 Å². The summed E-state index contributed by atoms with van der Waals surface area (Å²) in [4.78, 5) is 0.380. The molecule has 1 aliphatic rings. The van der Waals surface area contributed by atoms with Gasteiger partial charge in [0, 0.05) is 19.1 Å². The van der Waals surface area contributed by atoms with Crippen LogP contribution in [0.4, 0.5) is 0 Å². The monoisotopic (exact) mass is 360 g/mol. The molecule has 0 aromatic heterocycles. The summed E-state index contributed by atoms with van der Waals surface area (Å²) in [5, 5.41) is 0. The third-order valence-corrected chi connectivity index (χ3v) is 6.84. The molecule has 0 amide bonds. The van der Waals surface area contributed by atoms with E-state index >= 15 is 0 Å². The fourth-order valence-electron chi connectivity index (χ4n) is 2.88. The van der Waals surface area contributed by atoms with Gasteiger partial charge >= 0.3 is 0 Å². The van der Waals surface area contributed by atoms with Crippen molar-refractivity contribution in [2.45, 2.75) is 57.4 Å². The van der Waals surface area contributed by atoms with Crippen molar-refractivity contribution in [1.82, 2.24) is 4.31 Å². The first-order valence-corrected chi connectivity index (χ1v) is 9.48. The summed E-state index contributed by atoms with van der Waals surface area (Å²) >= 11 is 0. The normalized spacial score (nSPS) is 23.1. The lowest BCUT2D eigenvalue weighted by molar-refractivity contribution is 0.155. The molecule has 0 radical (unpaired) electrons. The van der Waals surface area contributed by atoms with Gasteiger partial charge in [0.1, 0.15) is 0 Å². The average molecular weight is 361 g/mol. The molecule has 0 spiro atoms. The van der Waals surface area contributed by atoms with Crippen molar-refractivity contribution in [3.63, 3.8) is 0 Å². The zero-order valence-corrected chi connectivity index (χ0v) is 16.1. The molecule has 4 nitrogen and oxygen atoms in total. The summed E-state index contributed by atoms with van der Waals surface area (Å²) in [6.45, 7) is 9.33. The van der Waals surface area contributed by atoms with Crippen molar-refractivity contribution >= 4 is 22.4 Å². The molecule has 2 N–H and O–H groups in total. The van der Waals surface area contributed by atoms with Gasteiger partial charge in [-0.2, -0.15) is 4.31 Å². The van der Waals surface area contributed by atoms with Gasteiger partial charge in [0.25, 0.3) is 0 Å². The highest BCUT2D eigenvalue weighted by Gasteiger charge is 2.38. The lowest BCUT2D eigenvalue weighted by Gasteiger charge is -2.41. The number of sulfonamides is 1. The van der Waals surface area contributed by atoms with Gasteiger partial charge in [-0.25, -0.2) is 8.42 Å².